The predicted molar refractivity (Wildman–Crippen MR) is 52.8 cm³/mol. The Balaban J connectivity index is 1.98. The van der Waals surface area contributed by atoms with Gasteiger partial charge in [-0.3, -0.25) is 0 Å². The van der Waals surface area contributed by atoms with Crippen LogP contribution in [0.3, 0.4) is 0 Å². The fraction of sp³-hybridized carbons (Fsp3) is 0.917. The molecule has 0 aromatic carbocycles. The third-order valence-electron chi connectivity index (χ3n) is 3.87. The molecule has 2 unspecified atom stereocenters. The fourth-order valence-corrected chi connectivity index (χ4v) is 3.12. The highest BCUT2D eigenvalue weighted by atomic mass is 14.4. The van der Waals surface area contributed by atoms with E-state index in [1.807, 2.05) is 5.92 Å². The summed E-state index contributed by atoms with van der Waals surface area (Å²) in [6.45, 7) is 2.46. The minimum Gasteiger partial charge on any atom is -0.0619 e. The molecule has 0 heteroatoms. The van der Waals surface area contributed by atoms with Gasteiger partial charge in [-0.05, 0) is 37.0 Å². The van der Waals surface area contributed by atoms with Gasteiger partial charge in [-0.15, -0.1) is 0 Å². The van der Waals surface area contributed by atoms with Crippen molar-refractivity contribution in [2.75, 3.05) is 0 Å². The third-order valence-corrected chi connectivity index (χ3v) is 3.87. The molecule has 0 bridgehead atoms. The summed E-state index contributed by atoms with van der Waals surface area (Å²) >= 11 is 0. The Kier molecular flexibility index (Phi) is 2.73. The molecule has 2 atom stereocenters. The second-order valence-electron chi connectivity index (χ2n) is 4.70. The maximum absolute atomic E-state index is 2.46. The molecule has 69 valence electrons. The van der Waals surface area contributed by atoms with Gasteiger partial charge in [0, 0.05) is 0 Å². The summed E-state index contributed by atoms with van der Waals surface area (Å²) in [6.07, 6.45) is 11.9. The number of hydrogen-bond donors (Lipinski definition) is 0. The van der Waals surface area contributed by atoms with Crippen molar-refractivity contribution < 1.29 is 0 Å². The third kappa shape index (κ3) is 1.67. The lowest BCUT2D eigenvalue weighted by Gasteiger charge is -2.27. The molecule has 0 aromatic rings. The van der Waals surface area contributed by atoms with Gasteiger partial charge in [0.1, 0.15) is 0 Å². The van der Waals surface area contributed by atoms with Gasteiger partial charge in [-0.1, -0.05) is 39.0 Å². The molecule has 0 spiro atoms. The van der Waals surface area contributed by atoms with E-state index in [1.54, 1.807) is 0 Å². The van der Waals surface area contributed by atoms with Gasteiger partial charge in [0.25, 0.3) is 0 Å². The Morgan fingerprint density at radius 3 is 2.58 bits per heavy atom. The molecule has 0 nitrogen and oxygen atoms in total. The van der Waals surface area contributed by atoms with Crippen LogP contribution in [-0.4, -0.2) is 0 Å². The molecule has 2 fully saturated rings. The van der Waals surface area contributed by atoms with Crippen LogP contribution >= 0.6 is 0 Å². The maximum Gasteiger partial charge on any atom is -0.0182 e. The van der Waals surface area contributed by atoms with Crippen LogP contribution in [-0.2, 0) is 0 Å². The predicted octanol–water partition coefficient (Wildman–Crippen LogP) is 3.96. The van der Waals surface area contributed by atoms with Gasteiger partial charge in [0.15, 0.2) is 0 Å². The number of hydrogen-bond acceptors (Lipinski definition) is 0. The molecule has 0 N–H and O–H groups in total. The van der Waals surface area contributed by atoms with E-state index in [0.717, 1.165) is 11.8 Å². The van der Waals surface area contributed by atoms with Crippen LogP contribution in [0.1, 0.15) is 58.3 Å². The number of fused-ring (bicyclic) bond motifs is 1. The van der Waals surface area contributed by atoms with Gasteiger partial charge >= 0.3 is 0 Å². The highest BCUT2D eigenvalue weighted by molar-refractivity contribution is 5.05. The van der Waals surface area contributed by atoms with E-state index < -0.39 is 0 Å². The normalized spacial score (nSPS) is 38.8. The van der Waals surface area contributed by atoms with Crippen molar-refractivity contribution in [3.8, 4) is 0 Å². The van der Waals surface area contributed by atoms with Crippen molar-refractivity contribution in [3.05, 3.63) is 5.92 Å². The second kappa shape index (κ2) is 3.81. The van der Waals surface area contributed by atoms with Gasteiger partial charge in [-0.2, -0.15) is 0 Å². The monoisotopic (exact) mass is 165 g/mol. The average molecular weight is 165 g/mol. The van der Waals surface area contributed by atoms with Crippen LogP contribution in [0, 0.1) is 17.8 Å². The Bertz CT molecular complexity index is 139. The van der Waals surface area contributed by atoms with E-state index in [1.165, 1.54) is 51.4 Å². The molecular formula is C12H21. The lowest BCUT2D eigenvalue weighted by atomic mass is 9.78. The highest BCUT2D eigenvalue weighted by Gasteiger charge is 2.32. The Morgan fingerprint density at radius 1 is 0.917 bits per heavy atom. The van der Waals surface area contributed by atoms with Crippen LogP contribution < -0.4 is 0 Å². The SMILES string of the molecule is CC1CCCCCC2CCC[C]12. The van der Waals surface area contributed by atoms with Crippen molar-refractivity contribution in [1.29, 1.82) is 0 Å². The molecule has 2 aliphatic carbocycles. The standard InChI is InChI=1S/C12H21/c1-10-6-3-2-4-7-11-8-5-9-12(10)11/h10-11H,2-9H2,1H3. The molecule has 0 aromatic heterocycles. The van der Waals surface area contributed by atoms with E-state index in [2.05, 4.69) is 6.92 Å². The van der Waals surface area contributed by atoms with Crippen LogP contribution in [0.25, 0.3) is 0 Å². The first kappa shape index (κ1) is 8.59. The number of rotatable bonds is 0. The van der Waals surface area contributed by atoms with Crippen LogP contribution in [0.15, 0.2) is 0 Å². The second-order valence-corrected chi connectivity index (χ2v) is 4.70. The van der Waals surface area contributed by atoms with Gasteiger partial charge < -0.3 is 0 Å². The van der Waals surface area contributed by atoms with Crippen molar-refractivity contribution in [2.45, 2.75) is 58.3 Å². The first-order valence-electron chi connectivity index (χ1n) is 5.73. The molecule has 2 rings (SSSR count). The van der Waals surface area contributed by atoms with Crippen molar-refractivity contribution in [3.63, 3.8) is 0 Å². The van der Waals surface area contributed by atoms with Crippen molar-refractivity contribution >= 4 is 0 Å². The first-order chi connectivity index (χ1) is 5.88. The van der Waals surface area contributed by atoms with Crippen LogP contribution in [0.5, 0.6) is 0 Å². The fourth-order valence-electron chi connectivity index (χ4n) is 3.12. The maximum atomic E-state index is 2.46. The Hall–Kier alpha value is 0. The van der Waals surface area contributed by atoms with Gasteiger partial charge in [0.05, 0.1) is 0 Å². The molecular weight excluding hydrogens is 144 g/mol. The van der Waals surface area contributed by atoms with Gasteiger partial charge in [-0.25, -0.2) is 0 Å². The molecule has 12 heavy (non-hydrogen) atoms. The van der Waals surface area contributed by atoms with Crippen LogP contribution in [0.2, 0.25) is 0 Å². The average Bonchev–Trinajstić information content (AvgIpc) is 2.47. The first-order valence-corrected chi connectivity index (χ1v) is 5.73. The van der Waals surface area contributed by atoms with E-state index in [4.69, 9.17) is 0 Å². The summed E-state index contributed by atoms with van der Waals surface area (Å²) in [5.74, 6) is 3.94. The summed E-state index contributed by atoms with van der Waals surface area (Å²) in [5.41, 5.74) is 0. The summed E-state index contributed by atoms with van der Waals surface area (Å²) < 4.78 is 0. The Morgan fingerprint density at radius 2 is 1.67 bits per heavy atom. The molecule has 1 radical (unpaired) electrons. The minimum atomic E-state index is 0.956. The van der Waals surface area contributed by atoms with Crippen molar-refractivity contribution in [1.82, 2.24) is 0 Å². The smallest absolute Gasteiger partial charge is 0.0182 e. The zero-order valence-electron chi connectivity index (χ0n) is 8.31. The highest BCUT2D eigenvalue weighted by Crippen LogP contribution is 2.44. The Labute approximate surface area is 76.7 Å². The van der Waals surface area contributed by atoms with E-state index in [9.17, 15) is 0 Å². The van der Waals surface area contributed by atoms with E-state index >= 15 is 0 Å². The lowest BCUT2D eigenvalue weighted by Crippen LogP contribution is -2.16. The molecule has 2 aliphatic rings. The molecule has 0 amide bonds. The zero-order valence-corrected chi connectivity index (χ0v) is 8.31. The van der Waals surface area contributed by atoms with E-state index in [0.29, 0.717) is 0 Å². The lowest BCUT2D eigenvalue weighted by molar-refractivity contribution is 0.367. The van der Waals surface area contributed by atoms with Crippen LogP contribution in [0.4, 0.5) is 0 Å². The molecule has 0 aliphatic heterocycles. The molecule has 0 heterocycles. The molecule has 0 saturated heterocycles. The van der Waals surface area contributed by atoms with Crippen molar-refractivity contribution in [2.24, 2.45) is 11.8 Å². The summed E-state index contributed by atoms with van der Waals surface area (Å²) in [5, 5.41) is 0. The van der Waals surface area contributed by atoms with Gasteiger partial charge in [0.2, 0.25) is 0 Å². The largest absolute Gasteiger partial charge is 0.0619 e. The molecule has 2 saturated carbocycles. The van der Waals surface area contributed by atoms with E-state index in [-0.39, 0.29) is 0 Å². The topological polar surface area (TPSA) is 0 Å². The quantitative estimate of drug-likeness (QED) is 0.509. The summed E-state index contributed by atoms with van der Waals surface area (Å²) in [4.78, 5) is 0. The summed E-state index contributed by atoms with van der Waals surface area (Å²) in [7, 11) is 0. The minimum absolute atomic E-state index is 0.956. The zero-order chi connectivity index (χ0) is 8.39. The summed E-state index contributed by atoms with van der Waals surface area (Å²) in [6, 6.07) is 0.